The Hall–Kier alpha value is -3.53. The average molecular weight is 451 g/mol. The molecule has 0 unspecified atom stereocenters. The molecule has 0 amide bonds. The summed E-state index contributed by atoms with van der Waals surface area (Å²) in [5.74, 6) is 0.413. The van der Waals surface area contributed by atoms with Crippen molar-refractivity contribution in [1.82, 2.24) is 34.7 Å². The van der Waals surface area contributed by atoms with Gasteiger partial charge in [-0.2, -0.15) is 24.7 Å². The van der Waals surface area contributed by atoms with Crippen LogP contribution in [0.4, 0.5) is 10.3 Å². The fourth-order valence-corrected chi connectivity index (χ4v) is 4.02. The van der Waals surface area contributed by atoms with E-state index in [2.05, 4.69) is 44.6 Å². The van der Waals surface area contributed by atoms with Crippen molar-refractivity contribution >= 4 is 11.6 Å². The summed E-state index contributed by atoms with van der Waals surface area (Å²) in [6.45, 7) is 6.28. The van der Waals surface area contributed by atoms with E-state index >= 15 is 0 Å². The number of halogens is 1. The summed E-state index contributed by atoms with van der Waals surface area (Å²) in [7, 11) is 0. The zero-order chi connectivity index (χ0) is 22.8. The molecule has 0 radical (unpaired) electrons. The number of hydrogen-bond acceptors (Lipinski definition) is 7. The molecule has 33 heavy (non-hydrogen) atoms. The van der Waals surface area contributed by atoms with Crippen molar-refractivity contribution in [2.45, 2.75) is 45.3 Å². The summed E-state index contributed by atoms with van der Waals surface area (Å²) >= 11 is 0. The Labute approximate surface area is 191 Å². The van der Waals surface area contributed by atoms with Gasteiger partial charge >= 0.3 is 6.01 Å². The van der Waals surface area contributed by atoms with Crippen molar-refractivity contribution in [3.63, 3.8) is 0 Å². The van der Waals surface area contributed by atoms with Crippen LogP contribution in [0.1, 0.15) is 43.7 Å². The third kappa shape index (κ3) is 4.51. The summed E-state index contributed by atoms with van der Waals surface area (Å²) in [4.78, 5) is 9.27. The zero-order valence-electron chi connectivity index (χ0n) is 18.7. The minimum atomic E-state index is -0.314. The third-order valence-corrected chi connectivity index (χ3v) is 5.75. The van der Waals surface area contributed by atoms with E-state index < -0.39 is 0 Å². The highest BCUT2D eigenvalue weighted by Crippen LogP contribution is 2.24. The molecule has 1 saturated heterocycles. The molecular formula is C23H27FN8O. The van der Waals surface area contributed by atoms with E-state index in [0.717, 1.165) is 42.7 Å². The normalized spacial score (nSPS) is 16.4. The first-order valence-corrected chi connectivity index (χ1v) is 11.2. The van der Waals surface area contributed by atoms with Gasteiger partial charge in [0.1, 0.15) is 11.9 Å². The van der Waals surface area contributed by atoms with Gasteiger partial charge in [-0.1, -0.05) is 13.8 Å². The Morgan fingerprint density at radius 2 is 2.18 bits per heavy atom. The standard InChI is InChI=1S/C23H27FN8O/c1-15(2)19-14-28-32-21(19)29-23(33-18-5-3-8-25-13-18)30-22(32)26-12-16-11-17(24)6-7-20(16)31-10-4-9-27-31/h4,6-7,9-11,14-15,18,25H,3,5,8,12-13H2,1-2H3,(H,26,29,30)/t18-/m1/s1. The fraction of sp³-hybridized carbons (Fsp3) is 0.391. The van der Waals surface area contributed by atoms with Crippen molar-refractivity contribution in [2.24, 2.45) is 0 Å². The van der Waals surface area contributed by atoms with Crippen LogP contribution < -0.4 is 15.4 Å². The lowest BCUT2D eigenvalue weighted by atomic mass is 10.1. The molecule has 4 aromatic rings. The highest BCUT2D eigenvalue weighted by atomic mass is 19.1. The van der Waals surface area contributed by atoms with Gasteiger partial charge in [0.15, 0.2) is 5.65 Å². The van der Waals surface area contributed by atoms with Crippen molar-refractivity contribution < 1.29 is 9.13 Å². The first-order valence-electron chi connectivity index (χ1n) is 11.2. The van der Waals surface area contributed by atoms with E-state index in [9.17, 15) is 4.39 Å². The van der Waals surface area contributed by atoms with Crippen LogP contribution in [0.25, 0.3) is 11.3 Å². The second-order valence-electron chi connectivity index (χ2n) is 8.48. The predicted molar refractivity (Wildman–Crippen MR) is 122 cm³/mol. The number of piperidine rings is 1. The van der Waals surface area contributed by atoms with Gasteiger partial charge < -0.3 is 15.4 Å². The maximum Gasteiger partial charge on any atom is 0.322 e. The van der Waals surface area contributed by atoms with Crippen LogP contribution in [-0.4, -0.2) is 48.6 Å². The monoisotopic (exact) mass is 450 g/mol. The van der Waals surface area contributed by atoms with Gasteiger partial charge in [0.05, 0.1) is 11.9 Å². The Kier molecular flexibility index (Phi) is 5.91. The van der Waals surface area contributed by atoms with Crippen LogP contribution in [0.2, 0.25) is 0 Å². The summed E-state index contributed by atoms with van der Waals surface area (Å²) in [6.07, 6.45) is 7.36. The van der Waals surface area contributed by atoms with Gasteiger partial charge in [-0.3, -0.25) is 0 Å². The van der Waals surface area contributed by atoms with Crippen molar-refractivity contribution in [3.05, 3.63) is 59.8 Å². The lowest BCUT2D eigenvalue weighted by Gasteiger charge is -2.23. The van der Waals surface area contributed by atoms with Crippen LogP contribution in [-0.2, 0) is 6.54 Å². The molecule has 5 rings (SSSR count). The average Bonchev–Trinajstić information content (AvgIpc) is 3.48. The van der Waals surface area contributed by atoms with Crippen LogP contribution in [0.5, 0.6) is 6.01 Å². The Bertz CT molecular complexity index is 1230. The molecule has 0 saturated carbocycles. The summed E-state index contributed by atoms with van der Waals surface area (Å²) in [6, 6.07) is 6.78. The SMILES string of the molecule is CC(C)c1cnn2c(NCc3cc(F)ccc3-n3cccn3)nc(O[C@@H]3CCCNC3)nc12. The Morgan fingerprint density at radius 3 is 2.94 bits per heavy atom. The number of nitrogens with zero attached hydrogens (tertiary/aromatic N) is 6. The predicted octanol–water partition coefficient (Wildman–Crippen LogP) is 3.32. The number of ether oxygens (including phenoxy) is 1. The Balaban J connectivity index is 1.48. The minimum Gasteiger partial charge on any atom is -0.459 e. The van der Waals surface area contributed by atoms with Crippen LogP contribution in [0.15, 0.2) is 42.9 Å². The molecule has 10 heteroatoms. The lowest BCUT2D eigenvalue weighted by molar-refractivity contribution is 0.153. The van der Waals surface area contributed by atoms with Crippen molar-refractivity contribution in [2.75, 3.05) is 18.4 Å². The number of aromatic nitrogens is 6. The molecule has 1 aromatic carbocycles. The third-order valence-electron chi connectivity index (χ3n) is 5.75. The topological polar surface area (TPSA) is 94.2 Å². The summed E-state index contributed by atoms with van der Waals surface area (Å²) < 4.78 is 23.6. The zero-order valence-corrected chi connectivity index (χ0v) is 18.7. The number of hydrogen-bond donors (Lipinski definition) is 2. The van der Waals surface area contributed by atoms with E-state index in [-0.39, 0.29) is 17.8 Å². The second-order valence-corrected chi connectivity index (χ2v) is 8.48. The van der Waals surface area contributed by atoms with Gasteiger partial charge in [0.2, 0.25) is 5.95 Å². The van der Waals surface area contributed by atoms with Gasteiger partial charge in [-0.25, -0.2) is 9.07 Å². The van der Waals surface area contributed by atoms with Gasteiger partial charge in [-0.15, -0.1) is 0 Å². The second kappa shape index (κ2) is 9.14. The number of anilines is 1. The molecule has 0 aliphatic carbocycles. The first kappa shape index (κ1) is 21.3. The molecule has 9 nitrogen and oxygen atoms in total. The summed E-state index contributed by atoms with van der Waals surface area (Å²) in [5, 5.41) is 15.4. The highest BCUT2D eigenvalue weighted by molar-refractivity contribution is 5.53. The molecular weight excluding hydrogens is 423 g/mol. The van der Waals surface area contributed by atoms with E-state index in [1.807, 2.05) is 18.5 Å². The van der Waals surface area contributed by atoms with Gasteiger partial charge in [-0.05, 0) is 55.1 Å². The molecule has 4 heterocycles. The molecule has 1 fully saturated rings. The number of rotatable bonds is 7. The molecule has 0 spiro atoms. The first-order chi connectivity index (χ1) is 16.1. The van der Waals surface area contributed by atoms with E-state index in [1.165, 1.54) is 12.1 Å². The number of fused-ring (bicyclic) bond motifs is 1. The molecule has 3 aromatic heterocycles. The van der Waals surface area contributed by atoms with Gasteiger partial charge in [0, 0.05) is 31.0 Å². The maximum atomic E-state index is 14.1. The molecule has 1 atom stereocenters. The van der Waals surface area contributed by atoms with Gasteiger partial charge in [0.25, 0.3) is 0 Å². The molecule has 172 valence electrons. The lowest BCUT2D eigenvalue weighted by Crippen LogP contribution is -2.37. The Morgan fingerprint density at radius 1 is 1.27 bits per heavy atom. The van der Waals surface area contributed by atoms with Crippen LogP contribution in [0.3, 0.4) is 0 Å². The molecule has 2 N–H and O–H groups in total. The van der Waals surface area contributed by atoms with Crippen LogP contribution in [0, 0.1) is 5.82 Å². The quantitative estimate of drug-likeness (QED) is 0.446. The molecule has 1 aliphatic rings. The van der Waals surface area contributed by atoms with Crippen molar-refractivity contribution in [1.29, 1.82) is 0 Å². The van der Waals surface area contributed by atoms with Crippen molar-refractivity contribution in [3.8, 4) is 11.7 Å². The van der Waals surface area contributed by atoms with Crippen LogP contribution >= 0.6 is 0 Å². The number of benzene rings is 1. The number of nitrogens with one attached hydrogen (secondary N) is 2. The van der Waals surface area contributed by atoms with E-state index in [0.29, 0.717) is 24.2 Å². The molecule has 1 aliphatic heterocycles. The highest BCUT2D eigenvalue weighted by Gasteiger charge is 2.20. The smallest absolute Gasteiger partial charge is 0.322 e. The van der Waals surface area contributed by atoms with E-state index in [1.54, 1.807) is 21.5 Å². The maximum absolute atomic E-state index is 14.1. The minimum absolute atomic E-state index is 0.0223. The largest absolute Gasteiger partial charge is 0.459 e. The fourth-order valence-electron chi connectivity index (χ4n) is 4.02. The molecule has 0 bridgehead atoms. The van der Waals surface area contributed by atoms with E-state index in [4.69, 9.17) is 4.74 Å². The summed E-state index contributed by atoms with van der Waals surface area (Å²) in [5.41, 5.74) is 3.23.